The number of hydrogen-bond acceptors (Lipinski definition) is 4. The minimum atomic E-state index is -0.367. The van der Waals surface area contributed by atoms with E-state index in [4.69, 9.17) is 9.47 Å². The molecule has 6 heteroatoms. The van der Waals surface area contributed by atoms with Gasteiger partial charge in [-0.2, -0.15) is 0 Å². The van der Waals surface area contributed by atoms with E-state index in [-0.39, 0.29) is 24.4 Å². The van der Waals surface area contributed by atoms with Crippen molar-refractivity contribution in [3.8, 4) is 0 Å². The topological polar surface area (TPSA) is 50.8 Å². The number of amides is 1. The molecule has 0 aromatic carbocycles. The van der Waals surface area contributed by atoms with E-state index < -0.39 is 0 Å². The number of nitrogens with one attached hydrogen (secondary N) is 1. The molecule has 0 radical (unpaired) electrons. The van der Waals surface area contributed by atoms with Gasteiger partial charge in [-0.25, -0.2) is 0 Å². The normalized spacial score (nSPS) is 17.8. The van der Waals surface area contributed by atoms with E-state index in [1.165, 1.54) is 0 Å². The van der Waals surface area contributed by atoms with Gasteiger partial charge in [0.05, 0.1) is 13.2 Å². The summed E-state index contributed by atoms with van der Waals surface area (Å²) in [5.74, 6) is 0.0881. The molecule has 1 fully saturated rings. The second-order valence-electron chi connectivity index (χ2n) is 4.14. The molecule has 1 saturated heterocycles. The number of carbonyl (C=O) groups is 1. The molecule has 0 spiro atoms. The maximum Gasteiger partial charge on any atom is 0.251 e. The van der Waals surface area contributed by atoms with Gasteiger partial charge in [0, 0.05) is 26.2 Å². The maximum absolute atomic E-state index is 12.0. The average molecular weight is 281 g/mol. The molecular weight excluding hydrogens is 256 g/mol. The Kier molecular flexibility index (Phi) is 10.3. The molecule has 1 atom stereocenters. The van der Waals surface area contributed by atoms with Crippen LogP contribution in [0.2, 0.25) is 0 Å². The van der Waals surface area contributed by atoms with Gasteiger partial charge in [0.25, 0.3) is 5.91 Å². The van der Waals surface area contributed by atoms with Crippen molar-refractivity contribution in [1.82, 2.24) is 10.2 Å². The maximum atomic E-state index is 12.0. The summed E-state index contributed by atoms with van der Waals surface area (Å²) in [6, 6.07) is 0. The van der Waals surface area contributed by atoms with Gasteiger partial charge in [0.2, 0.25) is 0 Å². The fourth-order valence-corrected chi connectivity index (χ4v) is 1.82. The van der Waals surface area contributed by atoms with Gasteiger partial charge in [0.15, 0.2) is 0 Å². The summed E-state index contributed by atoms with van der Waals surface area (Å²) in [5.41, 5.74) is 0. The highest BCUT2D eigenvalue weighted by Crippen LogP contribution is 2.02. The van der Waals surface area contributed by atoms with Crippen molar-refractivity contribution in [2.24, 2.45) is 0 Å². The number of carbonyl (C=O) groups excluding carboxylic acids is 1. The van der Waals surface area contributed by atoms with E-state index in [0.29, 0.717) is 19.8 Å². The fraction of sp³-hybridized carbons (Fsp3) is 0.917. The fourth-order valence-electron chi connectivity index (χ4n) is 1.82. The van der Waals surface area contributed by atoms with E-state index in [1.807, 2.05) is 18.7 Å². The zero-order chi connectivity index (χ0) is 12.5. The summed E-state index contributed by atoms with van der Waals surface area (Å²) < 4.78 is 10.6. The molecule has 1 amide bonds. The van der Waals surface area contributed by atoms with E-state index in [0.717, 1.165) is 32.6 Å². The molecule has 0 aliphatic carbocycles. The van der Waals surface area contributed by atoms with Crippen LogP contribution >= 0.6 is 12.4 Å². The predicted octanol–water partition coefficient (Wildman–Crippen LogP) is 0.672. The summed E-state index contributed by atoms with van der Waals surface area (Å²) in [6.07, 6.45) is 0.644. The SMILES string of the molecule is CCOCCOC(C)C(=O)N1CCCNCC1.Cl. The number of hydrogen-bond donors (Lipinski definition) is 1. The zero-order valence-electron chi connectivity index (χ0n) is 11.3. The van der Waals surface area contributed by atoms with Crippen LogP contribution in [0.25, 0.3) is 0 Å². The Bertz CT molecular complexity index is 221. The Morgan fingerprint density at radius 2 is 2.11 bits per heavy atom. The van der Waals surface area contributed by atoms with Crippen molar-refractivity contribution in [1.29, 1.82) is 0 Å². The van der Waals surface area contributed by atoms with Crippen molar-refractivity contribution in [3.05, 3.63) is 0 Å². The highest BCUT2D eigenvalue weighted by molar-refractivity contribution is 5.85. The molecule has 0 saturated carbocycles. The molecule has 1 rings (SSSR count). The average Bonchev–Trinajstić information content (AvgIpc) is 2.62. The third-order valence-corrected chi connectivity index (χ3v) is 2.80. The van der Waals surface area contributed by atoms with Crippen LogP contribution in [0.3, 0.4) is 0 Å². The van der Waals surface area contributed by atoms with Crippen LogP contribution in [0.15, 0.2) is 0 Å². The van der Waals surface area contributed by atoms with Gasteiger partial charge in [-0.05, 0) is 26.8 Å². The molecule has 0 aromatic rings. The summed E-state index contributed by atoms with van der Waals surface area (Å²) in [5, 5.41) is 3.28. The molecule has 1 aliphatic rings. The lowest BCUT2D eigenvalue weighted by Gasteiger charge is -2.23. The Balaban J connectivity index is 0.00000289. The predicted molar refractivity (Wildman–Crippen MR) is 73.2 cm³/mol. The number of rotatable bonds is 6. The van der Waals surface area contributed by atoms with Crippen molar-refractivity contribution < 1.29 is 14.3 Å². The molecule has 0 bridgehead atoms. The lowest BCUT2D eigenvalue weighted by Crippen LogP contribution is -2.41. The van der Waals surface area contributed by atoms with Crippen molar-refractivity contribution in [2.75, 3.05) is 46.0 Å². The highest BCUT2D eigenvalue weighted by atomic mass is 35.5. The first-order chi connectivity index (χ1) is 8.25. The van der Waals surface area contributed by atoms with Gasteiger partial charge in [-0.15, -0.1) is 12.4 Å². The van der Waals surface area contributed by atoms with E-state index in [2.05, 4.69) is 5.32 Å². The molecule has 0 aromatic heterocycles. The van der Waals surface area contributed by atoms with Crippen LogP contribution in [0.5, 0.6) is 0 Å². The molecular formula is C12H25ClN2O3. The largest absolute Gasteiger partial charge is 0.379 e. The molecule has 1 heterocycles. The van der Waals surface area contributed by atoms with Crippen LogP contribution in [0, 0.1) is 0 Å². The second kappa shape index (κ2) is 10.6. The van der Waals surface area contributed by atoms with E-state index >= 15 is 0 Å². The number of ether oxygens (including phenoxy) is 2. The van der Waals surface area contributed by atoms with Gasteiger partial charge in [0.1, 0.15) is 6.10 Å². The van der Waals surface area contributed by atoms with E-state index in [9.17, 15) is 4.79 Å². The quantitative estimate of drug-likeness (QED) is 0.727. The first kappa shape index (κ1) is 17.6. The van der Waals surface area contributed by atoms with Gasteiger partial charge in [-0.3, -0.25) is 4.79 Å². The molecule has 1 N–H and O–H groups in total. The molecule has 1 aliphatic heterocycles. The van der Waals surface area contributed by atoms with Gasteiger partial charge < -0.3 is 19.7 Å². The lowest BCUT2D eigenvalue weighted by atomic mass is 10.3. The van der Waals surface area contributed by atoms with Crippen LogP contribution in [0.4, 0.5) is 0 Å². The monoisotopic (exact) mass is 280 g/mol. The minimum Gasteiger partial charge on any atom is -0.379 e. The number of halogens is 1. The van der Waals surface area contributed by atoms with Crippen molar-refractivity contribution in [2.45, 2.75) is 26.4 Å². The Labute approximate surface area is 116 Å². The summed E-state index contributed by atoms with van der Waals surface area (Å²) in [7, 11) is 0. The minimum absolute atomic E-state index is 0. The van der Waals surface area contributed by atoms with E-state index in [1.54, 1.807) is 0 Å². The standard InChI is InChI=1S/C12H24N2O3.ClH/c1-3-16-9-10-17-11(2)12(15)14-7-4-5-13-6-8-14;/h11,13H,3-10H2,1-2H3;1H. The zero-order valence-corrected chi connectivity index (χ0v) is 12.1. The van der Waals surface area contributed by atoms with Crippen molar-refractivity contribution >= 4 is 18.3 Å². The number of nitrogens with zero attached hydrogens (tertiary/aromatic N) is 1. The third-order valence-electron chi connectivity index (χ3n) is 2.80. The van der Waals surface area contributed by atoms with Crippen LogP contribution in [-0.2, 0) is 14.3 Å². The Hall–Kier alpha value is -0.360. The summed E-state index contributed by atoms with van der Waals surface area (Å²) >= 11 is 0. The summed E-state index contributed by atoms with van der Waals surface area (Å²) in [4.78, 5) is 13.9. The second-order valence-corrected chi connectivity index (χ2v) is 4.14. The van der Waals surface area contributed by atoms with Gasteiger partial charge >= 0.3 is 0 Å². The van der Waals surface area contributed by atoms with Crippen LogP contribution in [0.1, 0.15) is 20.3 Å². The first-order valence-electron chi connectivity index (χ1n) is 6.44. The lowest BCUT2D eigenvalue weighted by molar-refractivity contribution is -0.143. The Morgan fingerprint density at radius 1 is 1.33 bits per heavy atom. The van der Waals surface area contributed by atoms with Crippen LogP contribution < -0.4 is 5.32 Å². The first-order valence-corrected chi connectivity index (χ1v) is 6.44. The molecule has 1 unspecified atom stereocenters. The molecule has 18 heavy (non-hydrogen) atoms. The van der Waals surface area contributed by atoms with Crippen LogP contribution in [-0.4, -0.2) is 62.9 Å². The summed E-state index contributed by atoms with van der Waals surface area (Å²) in [6.45, 7) is 8.93. The molecule has 5 nitrogen and oxygen atoms in total. The smallest absolute Gasteiger partial charge is 0.251 e. The molecule has 108 valence electrons. The van der Waals surface area contributed by atoms with Crippen molar-refractivity contribution in [3.63, 3.8) is 0 Å². The Morgan fingerprint density at radius 3 is 2.83 bits per heavy atom. The third kappa shape index (κ3) is 6.54. The van der Waals surface area contributed by atoms with Gasteiger partial charge in [-0.1, -0.05) is 0 Å². The highest BCUT2D eigenvalue weighted by Gasteiger charge is 2.21.